The van der Waals surface area contributed by atoms with E-state index in [2.05, 4.69) is 15.5 Å². The molecule has 1 N–H and O–H groups in total. The molecule has 0 bridgehead atoms. The zero-order chi connectivity index (χ0) is 24.5. The molecule has 1 unspecified atom stereocenters. The highest BCUT2D eigenvalue weighted by atomic mass is 35.5. The molecule has 0 saturated heterocycles. The summed E-state index contributed by atoms with van der Waals surface area (Å²) in [7, 11) is 2.88. The van der Waals surface area contributed by atoms with Gasteiger partial charge in [0.2, 0.25) is 6.04 Å². The third kappa shape index (κ3) is 6.72. The standard InChI is InChI=1S/C22H25Cl2N3O6/c1-6-32-17-11-18(33-7-2)15(10-14(17)23)26-27-21(12(3)28)22(29)25-16-8-13(30-4)9-19(31-5)20(16)24/h8-11,21H,6-7H2,1-5H3,(H,25,29). The Kier molecular flexibility index (Phi) is 9.74. The van der Waals surface area contributed by atoms with E-state index in [9.17, 15) is 9.59 Å². The lowest BCUT2D eigenvalue weighted by Gasteiger charge is -2.14. The zero-order valence-electron chi connectivity index (χ0n) is 18.9. The second-order valence-corrected chi connectivity index (χ2v) is 7.31. The van der Waals surface area contributed by atoms with Gasteiger partial charge in [0.05, 0.1) is 38.1 Å². The van der Waals surface area contributed by atoms with E-state index in [1.807, 2.05) is 6.92 Å². The van der Waals surface area contributed by atoms with Crippen LogP contribution in [0.15, 0.2) is 34.5 Å². The first-order chi connectivity index (χ1) is 15.7. The summed E-state index contributed by atoms with van der Waals surface area (Å²) in [6, 6.07) is 4.68. The van der Waals surface area contributed by atoms with E-state index in [4.69, 9.17) is 42.1 Å². The molecule has 0 aliphatic carbocycles. The summed E-state index contributed by atoms with van der Waals surface area (Å²) >= 11 is 12.5. The average molecular weight is 498 g/mol. The zero-order valence-corrected chi connectivity index (χ0v) is 20.4. The number of benzene rings is 2. The van der Waals surface area contributed by atoms with E-state index in [1.54, 1.807) is 19.1 Å². The van der Waals surface area contributed by atoms with Crippen LogP contribution in [0.2, 0.25) is 10.0 Å². The Morgan fingerprint density at radius 2 is 1.64 bits per heavy atom. The fourth-order valence-corrected chi connectivity index (χ4v) is 3.15. The van der Waals surface area contributed by atoms with Crippen LogP contribution in [0, 0.1) is 0 Å². The number of rotatable bonds is 11. The highest BCUT2D eigenvalue weighted by molar-refractivity contribution is 6.35. The average Bonchev–Trinajstić information content (AvgIpc) is 2.78. The number of Topliss-reactive ketones (excluding diaryl/α,β-unsaturated/α-hetero) is 1. The Labute approximate surface area is 202 Å². The highest BCUT2D eigenvalue weighted by Crippen LogP contribution is 2.39. The summed E-state index contributed by atoms with van der Waals surface area (Å²) < 4.78 is 21.4. The normalized spacial score (nSPS) is 11.7. The minimum Gasteiger partial charge on any atom is -0.497 e. The predicted octanol–water partition coefficient (Wildman–Crippen LogP) is 5.49. The number of nitrogens with zero attached hydrogens (tertiary/aromatic N) is 2. The molecule has 0 saturated carbocycles. The molecular formula is C22H25Cl2N3O6. The molecule has 33 heavy (non-hydrogen) atoms. The first-order valence-electron chi connectivity index (χ1n) is 9.98. The Morgan fingerprint density at radius 1 is 0.970 bits per heavy atom. The summed E-state index contributed by atoms with van der Waals surface area (Å²) in [6.07, 6.45) is 0. The topological polar surface area (TPSA) is 108 Å². The molecule has 0 radical (unpaired) electrons. The quantitative estimate of drug-likeness (QED) is 0.324. The van der Waals surface area contributed by atoms with Crippen molar-refractivity contribution in [3.8, 4) is 23.0 Å². The summed E-state index contributed by atoms with van der Waals surface area (Å²) in [5.41, 5.74) is 0.434. The maximum atomic E-state index is 12.8. The van der Waals surface area contributed by atoms with E-state index in [1.165, 1.54) is 33.3 Å². The van der Waals surface area contributed by atoms with Gasteiger partial charge in [0.15, 0.2) is 11.5 Å². The lowest BCUT2D eigenvalue weighted by atomic mass is 10.2. The molecule has 2 aromatic carbocycles. The van der Waals surface area contributed by atoms with E-state index in [-0.39, 0.29) is 27.2 Å². The number of amides is 1. The molecule has 0 aliphatic rings. The minimum absolute atomic E-state index is 0.141. The van der Waals surface area contributed by atoms with Crippen molar-refractivity contribution in [1.29, 1.82) is 0 Å². The molecular weight excluding hydrogens is 473 g/mol. The van der Waals surface area contributed by atoms with Gasteiger partial charge in [-0.05, 0) is 26.8 Å². The Bertz CT molecular complexity index is 1050. The van der Waals surface area contributed by atoms with Crippen molar-refractivity contribution in [2.45, 2.75) is 26.8 Å². The molecule has 1 amide bonds. The van der Waals surface area contributed by atoms with Crippen LogP contribution in [-0.2, 0) is 9.59 Å². The molecule has 0 aromatic heterocycles. The van der Waals surface area contributed by atoms with Gasteiger partial charge in [0.1, 0.15) is 28.0 Å². The second kappa shape index (κ2) is 12.3. The number of hydrogen-bond acceptors (Lipinski definition) is 8. The van der Waals surface area contributed by atoms with Gasteiger partial charge < -0.3 is 24.3 Å². The van der Waals surface area contributed by atoms with Gasteiger partial charge in [-0.2, -0.15) is 10.2 Å². The maximum Gasteiger partial charge on any atom is 0.258 e. The monoisotopic (exact) mass is 497 g/mol. The van der Waals surface area contributed by atoms with E-state index in [0.717, 1.165) is 0 Å². The summed E-state index contributed by atoms with van der Waals surface area (Å²) in [4.78, 5) is 25.0. The van der Waals surface area contributed by atoms with E-state index >= 15 is 0 Å². The third-order valence-corrected chi connectivity index (χ3v) is 4.94. The van der Waals surface area contributed by atoms with Crippen LogP contribution in [0.25, 0.3) is 0 Å². The van der Waals surface area contributed by atoms with Crippen LogP contribution >= 0.6 is 23.2 Å². The van der Waals surface area contributed by atoms with Crippen molar-refractivity contribution >= 4 is 46.3 Å². The van der Waals surface area contributed by atoms with Crippen LogP contribution in [0.3, 0.4) is 0 Å². The first-order valence-corrected chi connectivity index (χ1v) is 10.7. The van der Waals surface area contributed by atoms with Crippen molar-refractivity contribution in [3.63, 3.8) is 0 Å². The Morgan fingerprint density at radius 3 is 2.21 bits per heavy atom. The molecule has 0 aliphatic heterocycles. The Balaban J connectivity index is 2.36. The van der Waals surface area contributed by atoms with Gasteiger partial charge in [0.25, 0.3) is 5.91 Å². The number of hydrogen-bond donors (Lipinski definition) is 1. The van der Waals surface area contributed by atoms with Crippen LogP contribution < -0.4 is 24.3 Å². The van der Waals surface area contributed by atoms with Crippen LogP contribution in [0.1, 0.15) is 20.8 Å². The number of azo groups is 1. The van der Waals surface area contributed by atoms with Crippen LogP contribution in [-0.4, -0.2) is 45.2 Å². The number of carbonyl (C=O) groups is 2. The fraction of sp³-hybridized carbons (Fsp3) is 0.364. The molecule has 1 atom stereocenters. The van der Waals surface area contributed by atoms with Crippen molar-refractivity contribution in [3.05, 3.63) is 34.3 Å². The molecule has 11 heteroatoms. The van der Waals surface area contributed by atoms with Gasteiger partial charge in [-0.3, -0.25) is 9.59 Å². The van der Waals surface area contributed by atoms with E-state index < -0.39 is 17.7 Å². The molecule has 0 fully saturated rings. The molecule has 0 heterocycles. The number of halogens is 2. The van der Waals surface area contributed by atoms with Crippen molar-refractivity contribution < 1.29 is 28.5 Å². The molecule has 2 aromatic rings. The summed E-state index contributed by atoms with van der Waals surface area (Å²) in [5, 5.41) is 11.0. The number of ether oxygens (including phenoxy) is 4. The smallest absolute Gasteiger partial charge is 0.258 e. The molecule has 178 valence electrons. The van der Waals surface area contributed by atoms with Gasteiger partial charge in [-0.25, -0.2) is 0 Å². The first kappa shape index (κ1) is 26.2. The number of nitrogens with one attached hydrogen (secondary N) is 1. The lowest BCUT2D eigenvalue weighted by Crippen LogP contribution is -2.32. The van der Waals surface area contributed by atoms with Gasteiger partial charge >= 0.3 is 0 Å². The maximum absolute atomic E-state index is 12.8. The number of ketones is 1. The lowest BCUT2D eigenvalue weighted by molar-refractivity contribution is -0.126. The molecule has 0 spiro atoms. The third-order valence-electron chi connectivity index (χ3n) is 4.25. The van der Waals surface area contributed by atoms with Gasteiger partial charge in [-0.15, -0.1) is 0 Å². The Hall–Kier alpha value is -3.04. The number of anilines is 1. The van der Waals surface area contributed by atoms with Crippen molar-refractivity contribution in [2.24, 2.45) is 10.2 Å². The van der Waals surface area contributed by atoms with Gasteiger partial charge in [0, 0.05) is 18.2 Å². The predicted molar refractivity (Wildman–Crippen MR) is 126 cm³/mol. The minimum atomic E-state index is -1.45. The largest absolute Gasteiger partial charge is 0.497 e. The second-order valence-electron chi connectivity index (χ2n) is 6.53. The fourth-order valence-electron chi connectivity index (χ4n) is 2.71. The van der Waals surface area contributed by atoms with Crippen molar-refractivity contribution in [1.82, 2.24) is 0 Å². The molecule has 2 rings (SSSR count). The van der Waals surface area contributed by atoms with Crippen molar-refractivity contribution in [2.75, 3.05) is 32.8 Å². The summed E-state index contributed by atoms with van der Waals surface area (Å²) in [5.74, 6) is 0.188. The summed E-state index contributed by atoms with van der Waals surface area (Å²) in [6.45, 7) is 5.61. The van der Waals surface area contributed by atoms with Crippen LogP contribution in [0.5, 0.6) is 23.0 Å². The molecule has 9 nitrogen and oxygen atoms in total. The number of carbonyl (C=O) groups excluding carboxylic acids is 2. The van der Waals surface area contributed by atoms with Gasteiger partial charge in [-0.1, -0.05) is 23.2 Å². The SMILES string of the molecule is CCOc1cc(OCC)c(N=NC(C(C)=O)C(=O)Nc2cc(OC)cc(OC)c2Cl)cc1Cl. The highest BCUT2D eigenvalue weighted by Gasteiger charge is 2.25. The number of methoxy groups -OCH3 is 2. The van der Waals surface area contributed by atoms with E-state index in [0.29, 0.717) is 30.5 Å². The van der Waals surface area contributed by atoms with Crippen LogP contribution in [0.4, 0.5) is 11.4 Å².